The number of halogens is 2. The second-order valence-corrected chi connectivity index (χ2v) is 5.79. The van der Waals surface area contributed by atoms with Crippen LogP contribution in [0.1, 0.15) is 50.5 Å². The molecule has 1 aliphatic rings. The molecule has 0 amide bonds. The zero-order chi connectivity index (χ0) is 13.7. The summed E-state index contributed by atoms with van der Waals surface area (Å²) in [5.74, 6) is -0.749. The minimum Gasteiger partial charge on any atom is -0.327 e. The maximum atomic E-state index is 13.1. The molecule has 106 valence electrons. The Morgan fingerprint density at radius 2 is 1.84 bits per heavy atom. The Balaban J connectivity index is 1.76. The lowest BCUT2D eigenvalue weighted by atomic mass is 9.85. The first-order chi connectivity index (χ1) is 9.15. The Morgan fingerprint density at radius 3 is 2.53 bits per heavy atom. The third-order valence-electron chi connectivity index (χ3n) is 4.15. The highest BCUT2D eigenvalue weighted by Crippen LogP contribution is 2.27. The molecule has 0 aliphatic heterocycles. The van der Waals surface area contributed by atoms with Crippen LogP contribution in [0.15, 0.2) is 18.2 Å². The van der Waals surface area contributed by atoms with Crippen molar-refractivity contribution in [2.75, 3.05) is 0 Å². The molecule has 2 N–H and O–H groups in total. The van der Waals surface area contributed by atoms with Gasteiger partial charge in [0.25, 0.3) is 0 Å². The van der Waals surface area contributed by atoms with E-state index in [1.54, 1.807) is 6.07 Å². The molecule has 1 unspecified atom stereocenters. The van der Waals surface area contributed by atoms with Crippen LogP contribution in [0.2, 0.25) is 0 Å². The Kier molecular flexibility index (Phi) is 5.32. The molecule has 0 aromatic heterocycles. The van der Waals surface area contributed by atoms with Gasteiger partial charge in [-0.2, -0.15) is 0 Å². The zero-order valence-electron chi connectivity index (χ0n) is 11.4. The van der Waals surface area contributed by atoms with Gasteiger partial charge in [0, 0.05) is 6.04 Å². The van der Waals surface area contributed by atoms with Crippen LogP contribution in [-0.2, 0) is 6.42 Å². The van der Waals surface area contributed by atoms with E-state index in [0.717, 1.165) is 17.9 Å². The highest BCUT2D eigenvalue weighted by atomic mass is 19.2. The second kappa shape index (κ2) is 6.99. The third kappa shape index (κ3) is 4.57. The molecule has 1 aliphatic carbocycles. The summed E-state index contributed by atoms with van der Waals surface area (Å²) in [6, 6.07) is 4.11. The fraction of sp³-hybridized carbons (Fsp3) is 0.625. The van der Waals surface area contributed by atoms with Crippen molar-refractivity contribution in [2.45, 2.75) is 57.4 Å². The molecule has 1 aromatic rings. The molecule has 0 saturated heterocycles. The zero-order valence-corrected chi connectivity index (χ0v) is 11.4. The smallest absolute Gasteiger partial charge is 0.159 e. The second-order valence-electron chi connectivity index (χ2n) is 5.79. The molecule has 0 radical (unpaired) electrons. The fourth-order valence-corrected chi connectivity index (χ4v) is 3.00. The summed E-state index contributed by atoms with van der Waals surface area (Å²) < 4.78 is 25.9. The van der Waals surface area contributed by atoms with Crippen LogP contribution in [0, 0.1) is 17.6 Å². The molecule has 1 fully saturated rings. The van der Waals surface area contributed by atoms with Crippen LogP contribution in [0.25, 0.3) is 0 Å². The standard InChI is InChI=1S/C16H23F2N/c17-15-9-7-13(11-16(15)18)10-14(19)8-6-12-4-2-1-3-5-12/h7,9,11-12,14H,1-6,8,10,19H2. The summed E-state index contributed by atoms with van der Waals surface area (Å²) in [6.45, 7) is 0. The quantitative estimate of drug-likeness (QED) is 0.850. The molecule has 3 heteroatoms. The molecule has 0 spiro atoms. The van der Waals surface area contributed by atoms with Gasteiger partial charge in [0.05, 0.1) is 0 Å². The topological polar surface area (TPSA) is 26.0 Å². The van der Waals surface area contributed by atoms with Crippen molar-refractivity contribution in [3.05, 3.63) is 35.4 Å². The van der Waals surface area contributed by atoms with Gasteiger partial charge in [0.15, 0.2) is 11.6 Å². The van der Waals surface area contributed by atoms with Gasteiger partial charge in [-0.1, -0.05) is 38.2 Å². The molecule has 1 saturated carbocycles. The molecule has 0 bridgehead atoms. The Morgan fingerprint density at radius 1 is 1.11 bits per heavy atom. The number of hydrogen-bond donors (Lipinski definition) is 1. The van der Waals surface area contributed by atoms with Crippen LogP contribution in [0.3, 0.4) is 0 Å². The van der Waals surface area contributed by atoms with Crippen molar-refractivity contribution in [2.24, 2.45) is 11.7 Å². The Bertz CT molecular complexity index is 400. The van der Waals surface area contributed by atoms with Gasteiger partial charge < -0.3 is 5.73 Å². The van der Waals surface area contributed by atoms with Crippen LogP contribution < -0.4 is 5.73 Å². The average Bonchev–Trinajstić information content (AvgIpc) is 2.42. The lowest BCUT2D eigenvalue weighted by Gasteiger charge is -2.23. The maximum absolute atomic E-state index is 13.1. The Labute approximate surface area is 114 Å². The number of rotatable bonds is 5. The van der Waals surface area contributed by atoms with E-state index in [0.29, 0.717) is 6.42 Å². The van der Waals surface area contributed by atoms with Crippen molar-refractivity contribution in [3.63, 3.8) is 0 Å². The summed E-state index contributed by atoms with van der Waals surface area (Å²) in [7, 11) is 0. The predicted molar refractivity (Wildman–Crippen MR) is 73.8 cm³/mol. The lowest BCUT2D eigenvalue weighted by molar-refractivity contribution is 0.323. The van der Waals surface area contributed by atoms with E-state index in [-0.39, 0.29) is 6.04 Å². The van der Waals surface area contributed by atoms with Crippen molar-refractivity contribution in [3.8, 4) is 0 Å². The number of nitrogens with two attached hydrogens (primary N) is 1. The van der Waals surface area contributed by atoms with E-state index in [4.69, 9.17) is 5.73 Å². The first kappa shape index (κ1) is 14.4. The first-order valence-electron chi connectivity index (χ1n) is 7.34. The summed E-state index contributed by atoms with van der Waals surface area (Å²) >= 11 is 0. The molecular weight excluding hydrogens is 244 g/mol. The highest BCUT2D eigenvalue weighted by Gasteiger charge is 2.15. The fourth-order valence-electron chi connectivity index (χ4n) is 3.00. The third-order valence-corrected chi connectivity index (χ3v) is 4.15. The van der Waals surface area contributed by atoms with Gasteiger partial charge in [0.1, 0.15) is 0 Å². The lowest BCUT2D eigenvalue weighted by Crippen LogP contribution is -2.24. The van der Waals surface area contributed by atoms with E-state index in [1.807, 2.05) is 0 Å². The van der Waals surface area contributed by atoms with Crippen LogP contribution >= 0.6 is 0 Å². The molecule has 1 nitrogen and oxygen atoms in total. The van der Waals surface area contributed by atoms with E-state index >= 15 is 0 Å². The monoisotopic (exact) mass is 267 g/mol. The largest absolute Gasteiger partial charge is 0.327 e. The maximum Gasteiger partial charge on any atom is 0.159 e. The van der Waals surface area contributed by atoms with Crippen LogP contribution in [0.4, 0.5) is 8.78 Å². The van der Waals surface area contributed by atoms with Gasteiger partial charge in [-0.05, 0) is 42.9 Å². The van der Waals surface area contributed by atoms with Gasteiger partial charge in [-0.3, -0.25) is 0 Å². The van der Waals surface area contributed by atoms with E-state index in [1.165, 1.54) is 50.7 Å². The first-order valence-corrected chi connectivity index (χ1v) is 7.34. The summed E-state index contributed by atoms with van der Waals surface area (Å²) in [5, 5.41) is 0. The van der Waals surface area contributed by atoms with Gasteiger partial charge in [0.2, 0.25) is 0 Å². The SMILES string of the molecule is NC(CCC1CCCCC1)Cc1ccc(F)c(F)c1. The van der Waals surface area contributed by atoms with Gasteiger partial charge >= 0.3 is 0 Å². The van der Waals surface area contributed by atoms with Crippen LogP contribution in [-0.4, -0.2) is 6.04 Å². The predicted octanol–water partition coefficient (Wildman–Crippen LogP) is 4.20. The van der Waals surface area contributed by atoms with E-state index in [9.17, 15) is 8.78 Å². The van der Waals surface area contributed by atoms with Crippen LogP contribution in [0.5, 0.6) is 0 Å². The summed E-state index contributed by atoms with van der Waals surface area (Å²) in [5.41, 5.74) is 6.88. The number of hydrogen-bond acceptors (Lipinski definition) is 1. The summed E-state index contributed by atoms with van der Waals surface area (Å²) in [4.78, 5) is 0. The molecule has 0 heterocycles. The molecule has 2 rings (SSSR count). The Hall–Kier alpha value is -0.960. The minimum absolute atomic E-state index is 0.0480. The molecule has 1 aromatic carbocycles. The van der Waals surface area contributed by atoms with Gasteiger partial charge in [-0.15, -0.1) is 0 Å². The van der Waals surface area contributed by atoms with E-state index in [2.05, 4.69) is 0 Å². The molecule has 19 heavy (non-hydrogen) atoms. The van der Waals surface area contributed by atoms with Crippen molar-refractivity contribution in [1.29, 1.82) is 0 Å². The highest BCUT2D eigenvalue weighted by molar-refractivity contribution is 5.18. The van der Waals surface area contributed by atoms with Crippen molar-refractivity contribution < 1.29 is 8.78 Å². The molecular formula is C16H23F2N. The minimum atomic E-state index is -0.792. The van der Waals surface area contributed by atoms with Crippen molar-refractivity contribution in [1.82, 2.24) is 0 Å². The number of benzene rings is 1. The average molecular weight is 267 g/mol. The van der Waals surface area contributed by atoms with Gasteiger partial charge in [-0.25, -0.2) is 8.78 Å². The van der Waals surface area contributed by atoms with E-state index < -0.39 is 11.6 Å². The summed E-state index contributed by atoms with van der Waals surface area (Å²) in [6.07, 6.45) is 9.51. The molecule has 1 atom stereocenters. The van der Waals surface area contributed by atoms with Crippen molar-refractivity contribution >= 4 is 0 Å². The normalized spacial score (nSPS) is 18.5.